The van der Waals surface area contributed by atoms with Gasteiger partial charge in [-0.25, -0.2) is 0 Å². The maximum absolute atomic E-state index is 12.3. The molecular formula is C19H28O4. The van der Waals surface area contributed by atoms with Crippen molar-refractivity contribution in [2.75, 3.05) is 13.2 Å². The predicted octanol–water partition coefficient (Wildman–Crippen LogP) is 3.92. The zero-order valence-corrected chi connectivity index (χ0v) is 14.3. The van der Waals surface area contributed by atoms with Gasteiger partial charge in [-0.2, -0.15) is 0 Å². The summed E-state index contributed by atoms with van der Waals surface area (Å²) < 4.78 is 10.5. The van der Waals surface area contributed by atoms with Crippen molar-refractivity contribution in [1.29, 1.82) is 0 Å². The summed E-state index contributed by atoms with van der Waals surface area (Å²) in [6.45, 7) is 4.90. The van der Waals surface area contributed by atoms with Crippen molar-refractivity contribution in [3.05, 3.63) is 35.9 Å². The fraction of sp³-hybridized carbons (Fsp3) is 0.579. The molecule has 0 aliphatic heterocycles. The maximum atomic E-state index is 12.3. The van der Waals surface area contributed by atoms with E-state index in [4.69, 9.17) is 9.47 Å². The second-order valence-electron chi connectivity index (χ2n) is 5.69. The molecule has 0 bridgehead atoms. The number of carbonyl (C=O) groups is 2. The van der Waals surface area contributed by atoms with E-state index in [1.54, 1.807) is 0 Å². The standard InChI is InChI=1S/C19H28O4/c1-3-5-12-22-18(20)15-17(19(21)23-13-6-4-2)14-16-10-8-7-9-11-16/h7-11,17H,3-6,12-15H2,1-2H3. The molecule has 1 rings (SSSR count). The van der Waals surface area contributed by atoms with Crippen LogP contribution in [0.5, 0.6) is 0 Å². The molecule has 0 spiro atoms. The third-order valence-corrected chi connectivity index (χ3v) is 3.57. The van der Waals surface area contributed by atoms with Gasteiger partial charge in [0.25, 0.3) is 0 Å². The third kappa shape index (κ3) is 8.38. The highest BCUT2D eigenvalue weighted by atomic mass is 16.5. The van der Waals surface area contributed by atoms with Gasteiger partial charge in [0.05, 0.1) is 25.6 Å². The Kier molecular flexibility index (Phi) is 9.76. The van der Waals surface area contributed by atoms with Crippen LogP contribution in [0.1, 0.15) is 51.5 Å². The summed E-state index contributed by atoms with van der Waals surface area (Å²) in [5.74, 6) is -1.12. The Morgan fingerprint density at radius 1 is 0.957 bits per heavy atom. The van der Waals surface area contributed by atoms with Crippen LogP contribution in [-0.2, 0) is 25.5 Å². The number of carbonyl (C=O) groups excluding carboxylic acids is 2. The van der Waals surface area contributed by atoms with Crippen LogP contribution >= 0.6 is 0 Å². The van der Waals surface area contributed by atoms with Crippen molar-refractivity contribution in [2.45, 2.75) is 52.4 Å². The van der Waals surface area contributed by atoms with Crippen molar-refractivity contribution in [3.63, 3.8) is 0 Å². The first-order valence-electron chi connectivity index (χ1n) is 8.53. The number of benzene rings is 1. The Bertz CT molecular complexity index is 456. The highest BCUT2D eigenvalue weighted by Gasteiger charge is 2.24. The molecule has 4 nitrogen and oxygen atoms in total. The second-order valence-corrected chi connectivity index (χ2v) is 5.69. The quantitative estimate of drug-likeness (QED) is 0.458. The van der Waals surface area contributed by atoms with Crippen molar-refractivity contribution >= 4 is 11.9 Å². The number of esters is 2. The van der Waals surface area contributed by atoms with Crippen molar-refractivity contribution in [3.8, 4) is 0 Å². The second kappa shape index (κ2) is 11.7. The van der Waals surface area contributed by atoms with Crippen LogP contribution in [0.3, 0.4) is 0 Å². The first kappa shape index (κ1) is 19.2. The molecule has 0 aliphatic rings. The maximum Gasteiger partial charge on any atom is 0.309 e. The smallest absolute Gasteiger partial charge is 0.309 e. The van der Waals surface area contributed by atoms with E-state index in [1.165, 1.54) is 0 Å². The monoisotopic (exact) mass is 320 g/mol. The van der Waals surface area contributed by atoms with Crippen LogP contribution in [-0.4, -0.2) is 25.2 Å². The molecule has 0 heterocycles. The molecule has 0 aliphatic carbocycles. The van der Waals surface area contributed by atoms with E-state index in [1.807, 2.05) is 44.2 Å². The van der Waals surface area contributed by atoms with E-state index in [2.05, 4.69) is 0 Å². The molecule has 23 heavy (non-hydrogen) atoms. The Morgan fingerprint density at radius 2 is 1.57 bits per heavy atom. The van der Waals surface area contributed by atoms with Gasteiger partial charge in [-0.05, 0) is 24.8 Å². The largest absolute Gasteiger partial charge is 0.466 e. The van der Waals surface area contributed by atoms with Gasteiger partial charge < -0.3 is 9.47 Å². The predicted molar refractivity (Wildman–Crippen MR) is 90.0 cm³/mol. The molecule has 128 valence electrons. The minimum atomic E-state index is -0.483. The molecule has 0 saturated heterocycles. The lowest BCUT2D eigenvalue weighted by molar-refractivity contribution is -0.155. The van der Waals surface area contributed by atoms with E-state index in [0.29, 0.717) is 19.6 Å². The first-order valence-corrected chi connectivity index (χ1v) is 8.53. The van der Waals surface area contributed by atoms with Gasteiger partial charge in [0.15, 0.2) is 0 Å². The Balaban J connectivity index is 2.60. The van der Waals surface area contributed by atoms with Gasteiger partial charge in [0, 0.05) is 0 Å². The van der Waals surface area contributed by atoms with Crippen molar-refractivity contribution in [2.24, 2.45) is 5.92 Å². The van der Waals surface area contributed by atoms with Gasteiger partial charge >= 0.3 is 11.9 Å². The summed E-state index contributed by atoms with van der Waals surface area (Å²) in [7, 11) is 0. The summed E-state index contributed by atoms with van der Waals surface area (Å²) in [6.07, 6.45) is 4.19. The highest BCUT2D eigenvalue weighted by Crippen LogP contribution is 2.16. The molecule has 0 aromatic heterocycles. The summed E-state index contributed by atoms with van der Waals surface area (Å²) in [5.41, 5.74) is 1.02. The number of rotatable bonds is 11. The topological polar surface area (TPSA) is 52.6 Å². The normalized spacial score (nSPS) is 11.7. The van der Waals surface area contributed by atoms with Crippen LogP contribution < -0.4 is 0 Å². The van der Waals surface area contributed by atoms with Crippen LogP contribution in [0.4, 0.5) is 0 Å². The van der Waals surface area contributed by atoms with Crippen LogP contribution in [0, 0.1) is 5.92 Å². The van der Waals surface area contributed by atoms with Gasteiger partial charge in [-0.1, -0.05) is 57.0 Å². The molecule has 0 radical (unpaired) electrons. The summed E-state index contributed by atoms with van der Waals surface area (Å²) in [4.78, 5) is 24.2. The van der Waals surface area contributed by atoms with Crippen molar-refractivity contribution in [1.82, 2.24) is 0 Å². The van der Waals surface area contributed by atoms with E-state index in [9.17, 15) is 9.59 Å². The molecule has 0 saturated carbocycles. The highest BCUT2D eigenvalue weighted by molar-refractivity contribution is 5.80. The molecule has 4 heteroatoms. The SMILES string of the molecule is CCCCOC(=O)CC(Cc1ccccc1)C(=O)OCCCC. The van der Waals surface area contributed by atoms with E-state index in [0.717, 1.165) is 31.2 Å². The molecule has 1 aromatic rings. The van der Waals surface area contributed by atoms with Crippen LogP contribution in [0.15, 0.2) is 30.3 Å². The summed E-state index contributed by atoms with van der Waals surface area (Å²) >= 11 is 0. The molecule has 1 atom stereocenters. The zero-order chi connectivity index (χ0) is 16.9. The van der Waals surface area contributed by atoms with E-state index >= 15 is 0 Å². The van der Waals surface area contributed by atoms with E-state index in [-0.39, 0.29) is 18.4 Å². The van der Waals surface area contributed by atoms with Gasteiger partial charge in [-0.15, -0.1) is 0 Å². The fourth-order valence-corrected chi connectivity index (χ4v) is 2.16. The minimum absolute atomic E-state index is 0.0730. The first-order chi connectivity index (χ1) is 11.2. The molecular weight excluding hydrogens is 292 g/mol. The zero-order valence-electron chi connectivity index (χ0n) is 14.3. The average Bonchev–Trinajstić information content (AvgIpc) is 2.55. The minimum Gasteiger partial charge on any atom is -0.466 e. The lowest BCUT2D eigenvalue weighted by atomic mass is 9.96. The third-order valence-electron chi connectivity index (χ3n) is 3.57. The van der Waals surface area contributed by atoms with Crippen LogP contribution in [0.2, 0.25) is 0 Å². The Morgan fingerprint density at radius 3 is 2.17 bits per heavy atom. The number of ether oxygens (including phenoxy) is 2. The van der Waals surface area contributed by atoms with Crippen LogP contribution in [0.25, 0.3) is 0 Å². The van der Waals surface area contributed by atoms with Gasteiger partial charge in [-0.3, -0.25) is 9.59 Å². The summed E-state index contributed by atoms with van der Waals surface area (Å²) in [5, 5.41) is 0. The summed E-state index contributed by atoms with van der Waals surface area (Å²) in [6, 6.07) is 9.68. The Hall–Kier alpha value is -1.84. The lowest BCUT2D eigenvalue weighted by Crippen LogP contribution is -2.24. The fourth-order valence-electron chi connectivity index (χ4n) is 2.16. The molecule has 0 N–H and O–H groups in total. The molecule has 1 unspecified atom stereocenters. The van der Waals surface area contributed by atoms with Crippen molar-refractivity contribution < 1.29 is 19.1 Å². The molecule has 0 fully saturated rings. The number of hydrogen-bond acceptors (Lipinski definition) is 4. The lowest BCUT2D eigenvalue weighted by Gasteiger charge is -2.15. The molecule has 1 aromatic carbocycles. The van der Waals surface area contributed by atoms with Gasteiger partial charge in [0.1, 0.15) is 0 Å². The average molecular weight is 320 g/mol. The number of hydrogen-bond donors (Lipinski definition) is 0. The van der Waals surface area contributed by atoms with Gasteiger partial charge in [0.2, 0.25) is 0 Å². The van der Waals surface area contributed by atoms with E-state index < -0.39 is 5.92 Å². The number of unbranched alkanes of at least 4 members (excludes halogenated alkanes) is 2. The Labute approximate surface area is 139 Å². The molecule has 0 amide bonds.